The molecule has 0 unspecified atom stereocenters. The van der Waals surface area contributed by atoms with Crippen LogP contribution in [0.4, 0.5) is 4.79 Å². The molecule has 1 amide bonds. The molecular weight excluding hydrogens is 274 g/mol. The molecule has 0 aromatic heterocycles. The molecule has 0 saturated heterocycles. The summed E-state index contributed by atoms with van der Waals surface area (Å²) in [7, 11) is 0. The summed E-state index contributed by atoms with van der Waals surface area (Å²) >= 11 is 0. The van der Waals surface area contributed by atoms with Gasteiger partial charge in [-0.2, -0.15) is 0 Å². The first-order valence-electron chi connectivity index (χ1n) is 6.62. The summed E-state index contributed by atoms with van der Waals surface area (Å²) in [4.78, 5) is 22.5. The van der Waals surface area contributed by atoms with Gasteiger partial charge in [0.25, 0.3) is 0 Å². The highest BCUT2D eigenvalue weighted by atomic mass is 16.6. The van der Waals surface area contributed by atoms with Gasteiger partial charge >= 0.3 is 6.09 Å². The summed E-state index contributed by atoms with van der Waals surface area (Å²) < 4.78 is 10.4. The number of amides is 1. The van der Waals surface area contributed by atoms with E-state index in [0.717, 1.165) is 0 Å². The van der Waals surface area contributed by atoms with Crippen molar-refractivity contribution in [3.8, 4) is 11.5 Å². The number of ether oxygens (including phenoxy) is 2. The van der Waals surface area contributed by atoms with Gasteiger partial charge in [0.2, 0.25) is 0 Å². The van der Waals surface area contributed by atoms with E-state index >= 15 is 0 Å². The van der Waals surface area contributed by atoms with E-state index in [0.29, 0.717) is 5.75 Å². The fourth-order valence-electron chi connectivity index (χ4n) is 1.54. The van der Waals surface area contributed by atoms with Gasteiger partial charge in [0.05, 0.1) is 12.1 Å². The smallest absolute Gasteiger partial charge is 0.407 e. The van der Waals surface area contributed by atoms with Gasteiger partial charge in [0.15, 0.2) is 5.78 Å². The number of hydrogen-bond donors (Lipinski definition) is 2. The Morgan fingerprint density at radius 3 is 2.48 bits per heavy atom. The molecule has 1 aromatic carbocycles. The number of aromatic hydroxyl groups is 1. The Kier molecular flexibility index (Phi) is 5.58. The first-order valence-corrected chi connectivity index (χ1v) is 6.62. The summed E-state index contributed by atoms with van der Waals surface area (Å²) in [6, 6.07) is 4.45. The normalized spacial score (nSPS) is 10.9. The van der Waals surface area contributed by atoms with E-state index < -0.39 is 11.7 Å². The maximum Gasteiger partial charge on any atom is 0.407 e. The Morgan fingerprint density at radius 2 is 1.95 bits per heavy atom. The fraction of sp³-hybridized carbons (Fsp3) is 0.467. The molecule has 0 spiro atoms. The van der Waals surface area contributed by atoms with Crippen LogP contribution in [0.25, 0.3) is 0 Å². The van der Waals surface area contributed by atoms with Crippen molar-refractivity contribution < 1.29 is 24.2 Å². The zero-order chi connectivity index (χ0) is 16.0. The minimum absolute atomic E-state index is 0.125. The number of ketones is 1. The lowest BCUT2D eigenvalue weighted by molar-refractivity contribution is 0.0520. The van der Waals surface area contributed by atoms with Crippen LogP contribution in [0.2, 0.25) is 0 Å². The first-order chi connectivity index (χ1) is 9.69. The number of carbonyl (C=O) groups is 2. The minimum atomic E-state index is -0.542. The van der Waals surface area contributed by atoms with Crippen LogP contribution in [0.15, 0.2) is 18.2 Å². The minimum Gasteiger partial charge on any atom is -0.507 e. The molecule has 0 radical (unpaired) electrons. The van der Waals surface area contributed by atoms with Gasteiger partial charge < -0.3 is 19.9 Å². The summed E-state index contributed by atoms with van der Waals surface area (Å²) in [5, 5.41) is 12.2. The zero-order valence-electron chi connectivity index (χ0n) is 12.7. The Morgan fingerprint density at radius 1 is 1.29 bits per heavy atom. The third-order valence-electron chi connectivity index (χ3n) is 2.39. The van der Waals surface area contributed by atoms with Gasteiger partial charge in [0, 0.05) is 6.07 Å². The molecule has 0 saturated carbocycles. The number of Topliss-reactive ketones (excluding diaryl/α,β-unsaturated/α-hetero) is 1. The van der Waals surface area contributed by atoms with Crippen LogP contribution < -0.4 is 10.1 Å². The quantitative estimate of drug-likeness (QED) is 0.644. The Balaban J connectivity index is 2.38. The third kappa shape index (κ3) is 6.16. The Hall–Kier alpha value is -2.24. The van der Waals surface area contributed by atoms with Crippen LogP contribution in [0.3, 0.4) is 0 Å². The second kappa shape index (κ2) is 6.97. The lowest BCUT2D eigenvalue weighted by atomic mass is 10.1. The van der Waals surface area contributed by atoms with Crippen molar-refractivity contribution in [3.05, 3.63) is 23.8 Å². The van der Waals surface area contributed by atoms with E-state index in [1.54, 1.807) is 26.8 Å². The highest BCUT2D eigenvalue weighted by Gasteiger charge is 2.15. The van der Waals surface area contributed by atoms with Gasteiger partial charge in [-0.15, -0.1) is 0 Å². The first kappa shape index (κ1) is 16.8. The molecule has 0 aliphatic carbocycles. The predicted molar refractivity (Wildman–Crippen MR) is 77.8 cm³/mol. The molecule has 116 valence electrons. The molecule has 0 aliphatic rings. The number of carbonyl (C=O) groups excluding carboxylic acids is 2. The molecule has 2 N–H and O–H groups in total. The maximum atomic E-state index is 11.4. The highest BCUT2D eigenvalue weighted by molar-refractivity contribution is 5.96. The average molecular weight is 295 g/mol. The van der Waals surface area contributed by atoms with Gasteiger partial charge in [-0.1, -0.05) is 0 Å². The fourth-order valence-corrected chi connectivity index (χ4v) is 1.54. The molecule has 0 heterocycles. The topological polar surface area (TPSA) is 84.9 Å². The lowest BCUT2D eigenvalue weighted by Gasteiger charge is -2.19. The molecule has 0 aliphatic heterocycles. The third-order valence-corrected chi connectivity index (χ3v) is 2.39. The van der Waals surface area contributed by atoms with Crippen LogP contribution in [0.1, 0.15) is 38.1 Å². The van der Waals surface area contributed by atoms with E-state index in [9.17, 15) is 14.7 Å². The number of nitrogens with one attached hydrogen (secondary N) is 1. The molecule has 1 rings (SSSR count). The Bertz CT molecular complexity index is 519. The molecule has 6 nitrogen and oxygen atoms in total. The second-order valence-electron chi connectivity index (χ2n) is 5.51. The van der Waals surface area contributed by atoms with Gasteiger partial charge in [-0.05, 0) is 39.8 Å². The summed E-state index contributed by atoms with van der Waals surface area (Å²) in [6.45, 7) is 7.20. The standard InChI is InChI=1S/C15H21NO5/c1-10(17)12-6-5-11(9-13(12)18)20-8-7-16-14(19)21-15(2,3)4/h5-6,9,18H,7-8H2,1-4H3,(H,16,19). The van der Waals surface area contributed by atoms with Crippen molar-refractivity contribution in [2.24, 2.45) is 0 Å². The van der Waals surface area contributed by atoms with Crippen LogP contribution in [0, 0.1) is 0 Å². The van der Waals surface area contributed by atoms with Gasteiger partial charge in [-0.25, -0.2) is 4.79 Å². The van der Waals surface area contributed by atoms with Gasteiger partial charge in [0.1, 0.15) is 23.7 Å². The molecule has 1 aromatic rings. The largest absolute Gasteiger partial charge is 0.507 e. The number of benzene rings is 1. The monoisotopic (exact) mass is 295 g/mol. The van der Waals surface area contributed by atoms with Crippen molar-refractivity contribution in [2.75, 3.05) is 13.2 Å². The van der Waals surface area contributed by atoms with Crippen LogP contribution >= 0.6 is 0 Å². The number of phenolic OH excluding ortho intramolecular Hbond substituents is 1. The van der Waals surface area contributed by atoms with Crippen molar-refractivity contribution >= 4 is 11.9 Å². The molecule has 0 fully saturated rings. The van der Waals surface area contributed by atoms with E-state index in [4.69, 9.17) is 9.47 Å². The van der Waals surface area contributed by atoms with E-state index in [2.05, 4.69) is 5.32 Å². The number of phenols is 1. The SMILES string of the molecule is CC(=O)c1ccc(OCCNC(=O)OC(C)(C)C)cc1O. The van der Waals surface area contributed by atoms with Gasteiger partial charge in [-0.3, -0.25) is 4.79 Å². The average Bonchev–Trinajstić information content (AvgIpc) is 2.32. The summed E-state index contributed by atoms with van der Waals surface area (Å²) in [5.41, 5.74) is -0.298. The van der Waals surface area contributed by atoms with E-state index in [1.165, 1.54) is 19.1 Å². The molecule has 0 atom stereocenters. The number of rotatable bonds is 5. The number of alkyl carbamates (subject to hydrolysis) is 1. The maximum absolute atomic E-state index is 11.4. The number of hydrogen-bond acceptors (Lipinski definition) is 5. The van der Waals surface area contributed by atoms with Crippen molar-refractivity contribution in [3.63, 3.8) is 0 Å². The molecule has 0 bridgehead atoms. The Labute approximate surface area is 124 Å². The van der Waals surface area contributed by atoms with Crippen molar-refractivity contribution in [1.82, 2.24) is 5.32 Å². The molecule has 6 heteroatoms. The van der Waals surface area contributed by atoms with Crippen molar-refractivity contribution in [1.29, 1.82) is 0 Å². The lowest BCUT2D eigenvalue weighted by Crippen LogP contribution is -2.34. The van der Waals surface area contributed by atoms with Crippen LogP contribution in [0.5, 0.6) is 11.5 Å². The molecule has 21 heavy (non-hydrogen) atoms. The van der Waals surface area contributed by atoms with Crippen molar-refractivity contribution in [2.45, 2.75) is 33.3 Å². The second-order valence-corrected chi connectivity index (χ2v) is 5.51. The molecular formula is C15H21NO5. The summed E-state index contributed by atoms with van der Waals surface area (Å²) in [5.74, 6) is 0.0780. The predicted octanol–water partition coefficient (Wildman–Crippen LogP) is 2.50. The highest BCUT2D eigenvalue weighted by Crippen LogP contribution is 2.23. The summed E-state index contributed by atoms with van der Waals surface area (Å²) in [6.07, 6.45) is -0.513. The van der Waals surface area contributed by atoms with E-state index in [1.807, 2.05) is 0 Å². The van der Waals surface area contributed by atoms with Crippen LogP contribution in [-0.4, -0.2) is 35.7 Å². The van der Waals surface area contributed by atoms with Crippen LogP contribution in [-0.2, 0) is 4.74 Å². The van der Waals surface area contributed by atoms with E-state index in [-0.39, 0.29) is 30.2 Å². The zero-order valence-corrected chi connectivity index (χ0v) is 12.7.